The number of hydrogen-bond donors (Lipinski definition) is 1. The molecule has 4 rings (SSSR count). The van der Waals surface area contributed by atoms with E-state index in [0.717, 1.165) is 54.5 Å². The van der Waals surface area contributed by atoms with Gasteiger partial charge in [-0.3, -0.25) is 0 Å². The van der Waals surface area contributed by atoms with Crippen molar-refractivity contribution in [2.75, 3.05) is 33.4 Å². The van der Waals surface area contributed by atoms with Crippen LogP contribution in [0.2, 0.25) is 0 Å². The SMILES string of the molecule is COc1cc(C#N)ccc1Oc1nc(C[NH+]2CCOCC2)nc2sc(C)c(C)c12. The van der Waals surface area contributed by atoms with E-state index in [0.29, 0.717) is 22.9 Å². The summed E-state index contributed by atoms with van der Waals surface area (Å²) in [7, 11) is 1.56. The van der Waals surface area contributed by atoms with Crippen molar-refractivity contribution in [1.82, 2.24) is 9.97 Å². The van der Waals surface area contributed by atoms with Crippen LogP contribution in [0.5, 0.6) is 17.4 Å². The zero-order valence-electron chi connectivity index (χ0n) is 16.7. The van der Waals surface area contributed by atoms with Gasteiger partial charge in [-0.1, -0.05) is 0 Å². The van der Waals surface area contributed by atoms with Gasteiger partial charge >= 0.3 is 0 Å². The van der Waals surface area contributed by atoms with Crippen molar-refractivity contribution in [2.24, 2.45) is 0 Å². The summed E-state index contributed by atoms with van der Waals surface area (Å²) in [5, 5.41) is 10.1. The van der Waals surface area contributed by atoms with Crippen LogP contribution in [0.4, 0.5) is 0 Å². The molecule has 1 fully saturated rings. The molecular formula is C21H23N4O3S+. The van der Waals surface area contributed by atoms with Gasteiger partial charge in [-0.05, 0) is 31.5 Å². The molecule has 0 spiro atoms. The summed E-state index contributed by atoms with van der Waals surface area (Å²) in [5.74, 6) is 2.32. The minimum absolute atomic E-state index is 0.501. The number of ether oxygens (including phenoxy) is 3. The molecular weight excluding hydrogens is 388 g/mol. The van der Waals surface area contributed by atoms with Crippen LogP contribution < -0.4 is 14.4 Å². The van der Waals surface area contributed by atoms with E-state index in [1.54, 1.807) is 36.6 Å². The lowest BCUT2D eigenvalue weighted by Gasteiger charge is -2.23. The fourth-order valence-electron chi connectivity index (χ4n) is 3.39. The van der Waals surface area contributed by atoms with Crippen LogP contribution in [0.1, 0.15) is 21.8 Å². The molecule has 150 valence electrons. The van der Waals surface area contributed by atoms with E-state index in [2.05, 4.69) is 19.9 Å². The van der Waals surface area contributed by atoms with Gasteiger partial charge in [-0.2, -0.15) is 10.2 Å². The third-order valence-corrected chi connectivity index (χ3v) is 6.25. The zero-order chi connectivity index (χ0) is 20.4. The second-order valence-corrected chi connectivity index (χ2v) is 8.23. The summed E-state index contributed by atoms with van der Waals surface area (Å²) in [5.41, 5.74) is 1.64. The van der Waals surface area contributed by atoms with Crippen molar-refractivity contribution in [2.45, 2.75) is 20.4 Å². The monoisotopic (exact) mass is 411 g/mol. The number of benzene rings is 1. The summed E-state index contributed by atoms with van der Waals surface area (Å²) in [6, 6.07) is 7.23. The number of fused-ring (bicyclic) bond motifs is 1. The molecule has 7 nitrogen and oxygen atoms in total. The molecule has 0 saturated carbocycles. The van der Waals surface area contributed by atoms with Gasteiger partial charge in [0.2, 0.25) is 5.88 Å². The van der Waals surface area contributed by atoms with Crippen molar-refractivity contribution in [3.05, 3.63) is 40.0 Å². The van der Waals surface area contributed by atoms with E-state index in [4.69, 9.17) is 29.4 Å². The molecule has 0 amide bonds. The molecule has 1 N–H and O–H groups in total. The van der Waals surface area contributed by atoms with Gasteiger partial charge in [0.15, 0.2) is 17.3 Å². The highest BCUT2D eigenvalue weighted by Gasteiger charge is 2.21. The van der Waals surface area contributed by atoms with Crippen molar-refractivity contribution in [3.8, 4) is 23.4 Å². The molecule has 0 aliphatic carbocycles. The van der Waals surface area contributed by atoms with Gasteiger partial charge in [0.1, 0.15) is 24.5 Å². The smallest absolute Gasteiger partial charge is 0.232 e. The summed E-state index contributed by atoms with van der Waals surface area (Å²) in [4.78, 5) is 13.1. The molecule has 1 saturated heterocycles. The molecule has 0 unspecified atom stereocenters. The van der Waals surface area contributed by atoms with E-state index in [1.807, 2.05) is 0 Å². The van der Waals surface area contributed by atoms with Gasteiger partial charge in [0, 0.05) is 10.9 Å². The molecule has 3 aromatic rings. The Bertz CT molecular complexity index is 1080. The van der Waals surface area contributed by atoms with Crippen LogP contribution in [0.3, 0.4) is 0 Å². The van der Waals surface area contributed by atoms with E-state index in [1.165, 1.54) is 9.78 Å². The first-order chi connectivity index (χ1) is 14.1. The van der Waals surface area contributed by atoms with Crippen LogP contribution in [0.15, 0.2) is 18.2 Å². The minimum atomic E-state index is 0.501. The average molecular weight is 412 g/mol. The Kier molecular flexibility index (Phi) is 5.62. The maximum Gasteiger partial charge on any atom is 0.232 e. The quantitative estimate of drug-likeness (QED) is 0.694. The lowest BCUT2D eigenvalue weighted by molar-refractivity contribution is -0.922. The maximum atomic E-state index is 9.13. The highest BCUT2D eigenvalue weighted by Crippen LogP contribution is 2.39. The number of morpholine rings is 1. The second-order valence-electron chi connectivity index (χ2n) is 7.03. The fourth-order valence-corrected chi connectivity index (χ4v) is 4.43. The number of aromatic nitrogens is 2. The standard InChI is InChI=1S/C21H22N4O3S/c1-13-14(2)29-21-19(13)20(23-18(24-21)12-25-6-8-27-9-7-25)28-16-5-4-15(11-22)10-17(16)26-3/h4-5,10H,6-9,12H2,1-3H3/p+1. The number of aryl methyl sites for hydroxylation is 2. The number of methoxy groups -OCH3 is 1. The molecule has 0 bridgehead atoms. The largest absolute Gasteiger partial charge is 0.493 e. The minimum Gasteiger partial charge on any atom is -0.493 e. The Morgan fingerprint density at radius 3 is 2.72 bits per heavy atom. The first kappa shape index (κ1) is 19.6. The predicted molar refractivity (Wildman–Crippen MR) is 110 cm³/mol. The lowest BCUT2D eigenvalue weighted by Crippen LogP contribution is -3.12. The Labute approximate surface area is 173 Å². The van der Waals surface area contributed by atoms with Crippen LogP contribution in [0, 0.1) is 25.2 Å². The number of thiophene rings is 1. The highest BCUT2D eigenvalue weighted by atomic mass is 32.1. The number of nitrogens with zero attached hydrogens (tertiary/aromatic N) is 3. The van der Waals surface area contributed by atoms with Crippen molar-refractivity contribution in [1.29, 1.82) is 5.26 Å². The maximum absolute atomic E-state index is 9.13. The average Bonchev–Trinajstić information content (AvgIpc) is 3.02. The van der Waals surface area contributed by atoms with Gasteiger partial charge in [-0.25, -0.2) is 4.98 Å². The summed E-state index contributed by atoms with van der Waals surface area (Å²) in [6.45, 7) is 8.30. The second kappa shape index (κ2) is 8.33. The molecule has 0 radical (unpaired) electrons. The Hall–Kier alpha value is -2.73. The molecule has 0 atom stereocenters. The molecule has 1 aliphatic rings. The number of nitriles is 1. The number of hydrogen-bond acceptors (Lipinski definition) is 7. The highest BCUT2D eigenvalue weighted by molar-refractivity contribution is 7.18. The third-order valence-electron chi connectivity index (χ3n) is 5.15. The van der Waals surface area contributed by atoms with E-state index in [9.17, 15) is 0 Å². The van der Waals surface area contributed by atoms with Crippen molar-refractivity contribution >= 4 is 21.6 Å². The molecule has 8 heteroatoms. The first-order valence-corrected chi connectivity index (χ1v) is 10.3. The van der Waals surface area contributed by atoms with Crippen molar-refractivity contribution < 1.29 is 19.1 Å². The predicted octanol–water partition coefficient (Wildman–Crippen LogP) is 2.40. The number of rotatable bonds is 5. The summed E-state index contributed by atoms with van der Waals surface area (Å²) in [6.07, 6.45) is 0. The Morgan fingerprint density at radius 2 is 2.00 bits per heavy atom. The van der Waals surface area contributed by atoms with Gasteiger partial charge < -0.3 is 19.1 Å². The lowest BCUT2D eigenvalue weighted by atomic mass is 10.2. The van der Waals surface area contributed by atoms with E-state index < -0.39 is 0 Å². The van der Waals surface area contributed by atoms with Crippen LogP contribution >= 0.6 is 11.3 Å². The Balaban J connectivity index is 1.74. The zero-order valence-corrected chi connectivity index (χ0v) is 17.6. The van der Waals surface area contributed by atoms with Crippen molar-refractivity contribution in [3.63, 3.8) is 0 Å². The topological polar surface area (TPSA) is 81.7 Å². The van der Waals surface area contributed by atoms with Gasteiger partial charge in [-0.15, -0.1) is 11.3 Å². The molecule has 1 aliphatic heterocycles. The summed E-state index contributed by atoms with van der Waals surface area (Å²) >= 11 is 1.66. The van der Waals surface area contributed by atoms with Gasteiger partial charge in [0.05, 0.1) is 37.3 Å². The van der Waals surface area contributed by atoms with E-state index >= 15 is 0 Å². The molecule has 3 heterocycles. The van der Waals surface area contributed by atoms with Crippen LogP contribution in [-0.2, 0) is 11.3 Å². The summed E-state index contributed by atoms with van der Waals surface area (Å²) < 4.78 is 17.1. The molecule has 29 heavy (non-hydrogen) atoms. The number of quaternary nitrogens is 1. The first-order valence-electron chi connectivity index (χ1n) is 9.53. The fraction of sp³-hybridized carbons (Fsp3) is 0.381. The third kappa shape index (κ3) is 4.03. The molecule has 2 aromatic heterocycles. The number of nitrogens with one attached hydrogen (secondary N) is 1. The van der Waals surface area contributed by atoms with E-state index in [-0.39, 0.29) is 0 Å². The van der Waals surface area contributed by atoms with Crippen LogP contribution in [0.25, 0.3) is 10.2 Å². The van der Waals surface area contributed by atoms with Gasteiger partial charge in [0.25, 0.3) is 0 Å². The molecule has 1 aromatic carbocycles. The Morgan fingerprint density at radius 1 is 1.21 bits per heavy atom. The van der Waals surface area contributed by atoms with Crippen LogP contribution in [-0.4, -0.2) is 43.4 Å². The normalized spacial score (nSPS) is 14.7.